The van der Waals surface area contributed by atoms with Crippen LogP contribution in [0.15, 0.2) is 28.5 Å². The molecule has 12 heteroatoms. The average molecular weight is 601 g/mol. The van der Waals surface area contributed by atoms with Crippen molar-refractivity contribution in [1.29, 1.82) is 0 Å². The fourth-order valence-electron chi connectivity index (χ4n) is 7.72. The highest BCUT2D eigenvalue weighted by molar-refractivity contribution is 7.99. The number of sulfonamides is 1. The Kier molecular flexibility index (Phi) is 7.39. The van der Waals surface area contributed by atoms with Crippen molar-refractivity contribution in [2.75, 3.05) is 24.7 Å². The first kappa shape index (κ1) is 28.5. The molecule has 0 saturated heterocycles. The Balaban J connectivity index is 1.37. The Hall–Kier alpha value is -2.57. The van der Waals surface area contributed by atoms with Crippen LogP contribution in [0.4, 0.5) is 5.82 Å². The van der Waals surface area contributed by atoms with Crippen molar-refractivity contribution in [3.05, 3.63) is 24.0 Å². The number of hydrogen-bond acceptors (Lipinski definition) is 9. The Morgan fingerprint density at radius 1 is 1.05 bits per heavy atom. The number of fused-ring (bicyclic) bond motifs is 3. The second kappa shape index (κ2) is 10.6. The van der Waals surface area contributed by atoms with E-state index < -0.39 is 10.0 Å². The topological polar surface area (TPSA) is 148 Å². The lowest BCUT2D eigenvalue weighted by Gasteiger charge is -2.34. The zero-order valence-electron chi connectivity index (χ0n) is 24.2. The molecule has 222 valence electrons. The van der Waals surface area contributed by atoms with E-state index in [1.165, 1.54) is 18.3 Å². The Morgan fingerprint density at radius 2 is 1.78 bits per heavy atom. The Labute approximate surface area is 246 Å². The van der Waals surface area contributed by atoms with Crippen molar-refractivity contribution in [2.45, 2.75) is 75.9 Å². The van der Waals surface area contributed by atoms with Gasteiger partial charge in [0.15, 0.2) is 33.6 Å². The summed E-state index contributed by atoms with van der Waals surface area (Å²) in [5, 5.41) is 5.97. The van der Waals surface area contributed by atoms with Crippen LogP contribution in [-0.4, -0.2) is 46.9 Å². The lowest BCUT2D eigenvalue weighted by atomic mass is 9.72. The highest BCUT2D eigenvalue weighted by Gasteiger charge is 2.66. The molecule has 41 heavy (non-hydrogen) atoms. The predicted octanol–water partition coefficient (Wildman–Crippen LogP) is 4.82. The van der Waals surface area contributed by atoms with Gasteiger partial charge in [-0.15, -0.1) is 0 Å². The number of aromatic nitrogens is 4. The molecule has 1 aromatic carbocycles. The summed E-state index contributed by atoms with van der Waals surface area (Å²) in [7, 11) is -3.47. The maximum absolute atomic E-state index is 11.4. The normalized spacial score (nSPS) is 26.6. The van der Waals surface area contributed by atoms with Crippen molar-refractivity contribution < 1.29 is 17.9 Å². The minimum atomic E-state index is -3.47. The molecule has 2 fully saturated rings. The first-order valence-corrected chi connectivity index (χ1v) is 17.1. The molecular formula is C29H40N6O4S2. The number of benzene rings is 1. The maximum Gasteiger partial charge on any atom is 0.209 e. The predicted molar refractivity (Wildman–Crippen MR) is 160 cm³/mol. The first-order chi connectivity index (χ1) is 19.5. The van der Waals surface area contributed by atoms with Gasteiger partial charge in [-0.1, -0.05) is 45.9 Å². The van der Waals surface area contributed by atoms with E-state index in [0.29, 0.717) is 78.7 Å². The van der Waals surface area contributed by atoms with Crippen LogP contribution in [0.2, 0.25) is 0 Å². The largest absolute Gasteiger partial charge is 0.486 e. The number of anilines is 1. The minimum absolute atomic E-state index is 0.0222. The lowest BCUT2D eigenvalue weighted by Crippen LogP contribution is -2.24. The van der Waals surface area contributed by atoms with Gasteiger partial charge in [0.2, 0.25) is 10.0 Å². The van der Waals surface area contributed by atoms with E-state index >= 15 is 0 Å². The molecule has 4 N–H and O–H groups in total. The molecule has 0 spiro atoms. The van der Waals surface area contributed by atoms with Crippen LogP contribution in [0, 0.1) is 29.1 Å². The number of rotatable bonds is 9. The minimum Gasteiger partial charge on any atom is -0.486 e. The summed E-state index contributed by atoms with van der Waals surface area (Å²) < 4.78 is 36.9. The molecule has 0 amide bonds. The average Bonchev–Trinajstić information content (AvgIpc) is 3.30. The van der Waals surface area contributed by atoms with Crippen molar-refractivity contribution in [3.63, 3.8) is 0 Å². The van der Waals surface area contributed by atoms with Gasteiger partial charge in [0.05, 0.1) is 5.75 Å². The lowest BCUT2D eigenvalue weighted by molar-refractivity contribution is 0.170. The number of primary sulfonamides is 1. The molecule has 0 bridgehead atoms. The second-order valence-electron chi connectivity index (χ2n) is 12.6. The molecule has 3 aliphatic rings. The summed E-state index contributed by atoms with van der Waals surface area (Å²) in [6.45, 7) is 11.3. The fraction of sp³-hybridized carbons (Fsp3) is 0.621. The van der Waals surface area contributed by atoms with Crippen molar-refractivity contribution >= 4 is 38.8 Å². The number of nitrogens with two attached hydrogens (primary N) is 2. The molecule has 3 heterocycles. The third-order valence-corrected chi connectivity index (χ3v) is 11.3. The van der Waals surface area contributed by atoms with Crippen LogP contribution in [0.1, 0.15) is 64.9 Å². The molecule has 6 rings (SSSR count). The number of nitrogens with zero attached hydrogens (tertiary/aromatic N) is 4. The number of ether oxygens (including phenoxy) is 2. The SMILES string of the molecule is CC1CC(C)C2C(C1c1cc3c(cc1Sc1nc4c(N)ncnc4n1CCCCCS(N)(=O)=O)OCCO3)C2(C)C. The number of nitrogen functional groups attached to an aromatic ring is 1. The molecule has 2 saturated carbocycles. The summed E-state index contributed by atoms with van der Waals surface area (Å²) in [5.41, 5.74) is 9.07. The van der Waals surface area contributed by atoms with Gasteiger partial charge in [0.25, 0.3) is 0 Å². The van der Waals surface area contributed by atoms with E-state index in [9.17, 15) is 8.42 Å². The van der Waals surface area contributed by atoms with E-state index in [-0.39, 0.29) is 5.75 Å². The smallest absolute Gasteiger partial charge is 0.209 e. The standard InChI is InChI=1S/C29H40N6O4S2/c1-16-12-17(2)23-24(29(23,3)4)22(16)18-13-19-20(39-10-9-38-19)14-21(18)40-28-34-25-26(30)32-15-33-27(25)35(28)8-6-5-7-11-41(31,36)37/h13-17,22-24H,5-12H2,1-4H3,(H2,30,32,33)(H2,31,36,37). The molecule has 5 atom stereocenters. The van der Waals surface area contributed by atoms with Gasteiger partial charge in [-0.2, -0.15) is 0 Å². The van der Waals surface area contributed by atoms with E-state index in [0.717, 1.165) is 33.9 Å². The molecule has 5 unspecified atom stereocenters. The Bertz CT molecular complexity index is 1570. The Morgan fingerprint density at radius 3 is 2.51 bits per heavy atom. The summed E-state index contributed by atoms with van der Waals surface area (Å²) in [4.78, 5) is 14.7. The van der Waals surface area contributed by atoms with Crippen LogP contribution in [0.5, 0.6) is 11.5 Å². The van der Waals surface area contributed by atoms with Crippen LogP contribution < -0.4 is 20.3 Å². The van der Waals surface area contributed by atoms with Crippen molar-refractivity contribution in [2.24, 2.45) is 34.2 Å². The highest BCUT2D eigenvalue weighted by atomic mass is 32.2. The zero-order chi connectivity index (χ0) is 29.1. The second-order valence-corrected chi connectivity index (χ2v) is 15.4. The summed E-state index contributed by atoms with van der Waals surface area (Å²) in [6.07, 6.45) is 4.64. The molecule has 10 nitrogen and oxygen atoms in total. The zero-order valence-corrected chi connectivity index (χ0v) is 25.8. The van der Waals surface area contributed by atoms with E-state index in [4.69, 9.17) is 25.3 Å². The quantitative estimate of drug-likeness (QED) is 0.330. The van der Waals surface area contributed by atoms with Gasteiger partial charge >= 0.3 is 0 Å². The third-order valence-electron chi connectivity index (χ3n) is 9.42. The number of unbranched alkanes of at least 4 members (excludes halogenated alkanes) is 2. The number of imidazole rings is 1. The number of aryl methyl sites for hydroxylation is 1. The first-order valence-electron chi connectivity index (χ1n) is 14.5. The molecule has 2 aliphatic carbocycles. The fourth-order valence-corrected chi connectivity index (χ4v) is 9.43. The van der Waals surface area contributed by atoms with E-state index in [1.807, 2.05) is 0 Å². The molecular weight excluding hydrogens is 560 g/mol. The molecule has 2 aromatic heterocycles. The molecule has 0 radical (unpaired) electrons. The van der Waals surface area contributed by atoms with Crippen LogP contribution in [0.3, 0.4) is 0 Å². The summed E-state index contributed by atoms with van der Waals surface area (Å²) in [6, 6.07) is 4.34. The summed E-state index contributed by atoms with van der Waals surface area (Å²) in [5.74, 6) is 4.88. The monoisotopic (exact) mass is 600 g/mol. The summed E-state index contributed by atoms with van der Waals surface area (Å²) >= 11 is 1.61. The third kappa shape index (κ3) is 5.38. The van der Waals surface area contributed by atoms with Gasteiger partial charge in [0.1, 0.15) is 19.5 Å². The van der Waals surface area contributed by atoms with Gasteiger partial charge in [-0.25, -0.2) is 28.5 Å². The molecule has 1 aliphatic heterocycles. The van der Waals surface area contributed by atoms with Crippen molar-refractivity contribution in [1.82, 2.24) is 19.5 Å². The van der Waals surface area contributed by atoms with Crippen LogP contribution in [0.25, 0.3) is 11.2 Å². The number of hydrogen-bond donors (Lipinski definition) is 2. The van der Waals surface area contributed by atoms with E-state index in [2.05, 4.69) is 54.4 Å². The molecule has 3 aromatic rings. The van der Waals surface area contributed by atoms with E-state index in [1.54, 1.807) is 11.8 Å². The van der Waals surface area contributed by atoms with Gasteiger partial charge in [0, 0.05) is 11.4 Å². The van der Waals surface area contributed by atoms with Crippen molar-refractivity contribution in [3.8, 4) is 11.5 Å². The van der Waals surface area contributed by atoms with Gasteiger partial charge in [-0.3, -0.25) is 0 Å². The van der Waals surface area contributed by atoms with Gasteiger partial charge in [-0.05, 0) is 72.0 Å². The van der Waals surface area contributed by atoms with Crippen LogP contribution in [-0.2, 0) is 16.6 Å². The van der Waals surface area contributed by atoms with Crippen LogP contribution >= 0.6 is 11.8 Å². The van der Waals surface area contributed by atoms with Gasteiger partial charge < -0.3 is 19.8 Å². The highest BCUT2D eigenvalue weighted by Crippen LogP contribution is 2.72. The maximum atomic E-state index is 11.4.